The lowest BCUT2D eigenvalue weighted by Gasteiger charge is -2.23. The van der Waals surface area contributed by atoms with E-state index in [2.05, 4.69) is 39.5 Å². The molecule has 0 aliphatic carbocycles. The summed E-state index contributed by atoms with van der Waals surface area (Å²) in [6, 6.07) is 0. The van der Waals surface area contributed by atoms with Crippen LogP contribution in [0.15, 0.2) is 0 Å². The molecule has 1 N–H and O–H groups in total. The van der Waals surface area contributed by atoms with E-state index in [1.165, 1.54) is 129 Å². The van der Waals surface area contributed by atoms with Gasteiger partial charge in [-0.3, -0.25) is 4.57 Å². The first-order chi connectivity index (χ1) is 16.6. The third kappa shape index (κ3) is 41.5. The van der Waals surface area contributed by atoms with Crippen molar-refractivity contribution in [2.75, 3.05) is 34.3 Å². The largest absolute Gasteiger partial charge is 0.756 e. The third-order valence-corrected chi connectivity index (χ3v) is 6.94. The molecule has 1 atom stereocenters. The molecule has 0 fully saturated rings. The predicted octanol–water partition coefficient (Wildman–Crippen LogP) is 8.78. The molecule has 0 aliphatic heterocycles. The summed E-state index contributed by atoms with van der Waals surface area (Å²) in [4.78, 5) is 18.8. The van der Waals surface area contributed by atoms with Gasteiger partial charge in [-0.1, -0.05) is 136 Å². The Hall–Kier alpha value is 0.0700. The Morgan fingerprint density at radius 3 is 1.14 bits per heavy atom. The highest BCUT2D eigenvalue weighted by Crippen LogP contribution is 2.30. The fourth-order valence-corrected chi connectivity index (χ4v) is 4.56. The zero-order valence-electron chi connectivity index (χ0n) is 24.5. The van der Waals surface area contributed by atoms with Crippen LogP contribution in [0.3, 0.4) is 0 Å². The van der Waals surface area contributed by atoms with Crippen LogP contribution in [0.2, 0.25) is 0 Å². The zero-order valence-corrected chi connectivity index (χ0v) is 25.4. The molecular formula is C29H64NO4P. The summed E-state index contributed by atoms with van der Waals surface area (Å²) in [6.45, 7) is 5.96. The zero-order chi connectivity index (χ0) is 26.7. The van der Waals surface area contributed by atoms with Crippen molar-refractivity contribution in [3.05, 3.63) is 0 Å². The van der Waals surface area contributed by atoms with E-state index in [1.54, 1.807) is 0 Å². The molecule has 0 rings (SSSR count). The van der Waals surface area contributed by atoms with Gasteiger partial charge in [0.1, 0.15) is 0 Å². The first-order valence-electron chi connectivity index (χ1n) is 15.1. The number of unbranched alkanes of at least 4 members (excludes halogenated alkanes) is 20. The van der Waals surface area contributed by atoms with Crippen LogP contribution in [0.4, 0.5) is 0 Å². The molecule has 0 saturated carbocycles. The van der Waals surface area contributed by atoms with Crippen molar-refractivity contribution in [3.8, 4) is 0 Å². The summed E-state index contributed by atoms with van der Waals surface area (Å²) in [5, 5.41) is 0. The Kier molecular flexibility index (Phi) is 28.8. The van der Waals surface area contributed by atoms with Gasteiger partial charge in [-0.15, -0.1) is 0 Å². The molecule has 35 heavy (non-hydrogen) atoms. The lowest BCUT2D eigenvalue weighted by molar-refractivity contribution is -0.870. The standard InChI is InChI=1S/C18H39O4P.C11H26N/c1-2-3-4-5-6-7-8-9-10-11-12-13-14-15-16-17-18-22-23(19,20)21;1-5-6-7-8-9-10-11-12(2,3)4/h2-18H2,1H3,(H2,19,20,21);5-11H2,1-4H3/q;+1/p-1. The molecule has 0 aromatic heterocycles. The maximum absolute atomic E-state index is 10.4. The minimum absolute atomic E-state index is 0.107. The number of hydrogen-bond donors (Lipinski definition) is 1. The van der Waals surface area contributed by atoms with Crippen LogP contribution < -0.4 is 4.89 Å². The van der Waals surface area contributed by atoms with Gasteiger partial charge in [-0.25, -0.2) is 0 Å². The summed E-state index contributed by atoms with van der Waals surface area (Å²) in [5.41, 5.74) is 0. The van der Waals surface area contributed by atoms with Gasteiger partial charge >= 0.3 is 0 Å². The number of nitrogens with zero attached hydrogens (tertiary/aromatic N) is 1. The molecule has 1 unspecified atom stereocenters. The van der Waals surface area contributed by atoms with Gasteiger partial charge in [0.2, 0.25) is 0 Å². The molecule has 0 spiro atoms. The molecule has 0 bridgehead atoms. The Morgan fingerprint density at radius 1 is 0.571 bits per heavy atom. The monoisotopic (exact) mass is 521 g/mol. The second kappa shape index (κ2) is 27.1. The summed E-state index contributed by atoms with van der Waals surface area (Å²) in [6.07, 6.45) is 29.0. The first kappa shape index (κ1) is 37.2. The SMILES string of the molecule is CCCCCCCCCCCCCCCCCCOP(=O)([O-])O.CCCCCCCC[N+](C)(C)C. The van der Waals surface area contributed by atoms with E-state index in [-0.39, 0.29) is 6.61 Å². The van der Waals surface area contributed by atoms with Crippen molar-refractivity contribution in [2.24, 2.45) is 0 Å². The molecule has 0 aromatic rings. The number of hydrogen-bond acceptors (Lipinski definition) is 3. The molecule has 0 radical (unpaired) electrons. The number of quaternary nitrogens is 1. The highest BCUT2D eigenvalue weighted by molar-refractivity contribution is 7.44. The van der Waals surface area contributed by atoms with Gasteiger partial charge < -0.3 is 18.8 Å². The minimum Gasteiger partial charge on any atom is -0.756 e. The molecule has 0 heterocycles. The highest BCUT2D eigenvalue weighted by Gasteiger charge is 2.04. The number of phosphoric ester groups is 1. The van der Waals surface area contributed by atoms with E-state index in [0.717, 1.165) is 17.3 Å². The Bertz CT molecular complexity index is 448. The average Bonchev–Trinajstić information content (AvgIpc) is 2.77. The van der Waals surface area contributed by atoms with Crippen LogP contribution in [-0.4, -0.2) is 43.7 Å². The third-order valence-electron chi connectivity index (χ3n) is 6.43. The van der Waals surface area contributed by atoms with Crippen LogP contribution in [-0.2, 0) is 9.09 Å². The second-order valence-electron chi connectivity index (χ2n) is 11.4. The molecule has 0 amide bonds. The van der Waals surface area contributed by atoms with Crippen molar-refractivity contribution < 1.29 is 23.4 Å². The lowest BCUT2D eigenvalue weighted by atomic mass is 10.0. The first-order valence-corrected chi connectivity index (χ1v) is 16.6. The van der Waals surface area contributed by atoms with Crippen molar-refractivity contribution in [1.29, 1.82) is 0 Å². The average molecular weight is 522 g/mol. The molecule has 5 nitrogen and oxygen atoms in total. The van der Waals surface area contributed by atoms with Crippen LogP contribution in [0, 0.1) is 0 Å². The Morgan fingerprint density at radius 2 is 0.857 bits per heavy atom. The number of rotatable bonds is 25. The Balaban J connectivity index is 0. The molecule has 0 saturated heterocycles. The van der Waals surface area contributed by atoms with E-state index in [0.29, 0.717) is 6.42 Å². The van der Waals surface area contributed by atoms with Crippen LogP contribution in [0.5, 0.6) is 0 Å². The van der Waals surface area contributed by atoms with Crippen molar-refractivity contribution in [2.45, 2.75) is 155 Å². The van der Waals surface area contributed by atoms with Crippen molar-refractivity contribution in [3.63, 3.8) is 0 Å². The molecule has 0 aliphatic rings. The van der Waals surface area contributed by atoms with E-state index in [1.807, 2.05) is 0 Å². The normalized spacial score (nSPS) is 13.3. The van der Waals surface area contributed by atoms with E-state index in [9.17, 15) is 9.46 Å². The van der Waals surface area contributed by atoms with Crippen molar-refractivity contribution >= 4 is 7.82 Å². The molecular weight excluding hydrogens is 457 g/mol. The lowest BCUT2D eigenvalue weighted by Crippen LogP contribution is -2.35. The minimum atomic E-state index is -4.51. The fraction of sp³-hybridized carbons (Fsp3) is 1.00. The van der Waals surface area contributed by atoms with Gasteiger partial charge in [0.25, 0.3) is 7.82 Å². The molecule has 0 aromatic carbocycles. The van der Waals surface area contributed by atoms with Gasteiger partial charge in [-0.05, 0) is 19.3 Å². The van der Waals surface area contributed by atoms with Crippen LogP contribution in [0.25, 0.3) is 0 Å². The van der Waals surface area contributed by atoms with E-state index >= 15 is 0 Å². The summed E-state index contributed by atoms with van der Waals surface area (Å²) >= 11 is 0. The summed E-state index contributed by atoms with van der Waals surface area (Å²) in [7, 11) is 2.30. The quantitative estimate of drug-likeness (QED) is 0.0740. The number of phosphoric acid groups is 1. The second-order valence-corrected chi connectivity index (χ2v) is 12.6. The topological polar surface area (TPSA) is 69.6 Å². The fourth-order valence-electron chi connectivity index (χ4n) is 4.20. The molecule has 214 valence electrons. The predicted molar refractivity (Wildman–Crippen MR) is 152 cm³/mol. The van der Waals surface area contributed by atoms with E-state index < -0.39 is 7.82 Å². The van der Waals surface area contributed by atoms with Crippen LogP contribution in [0.1, 0.15) is 155 Å². The maximum atomic E-state index is 10.4. The van der Waals surface area contributed by atoms with Gasteiger partial charge in [0.05, 0.1) is 34.3 Å². The molecule has 6 heteroatoms. The highest BCUT2D eigenvalue weighted by atomic mass is 31.2. The van der Waals surface area contributed by atoms with Gasteiger partial charge in [0.15, 0.2) is 0 Å². The van der Waals surface area contributed by atoms with E-state index in [4.69, 9.17) is 4.89 Å². The summed E-state index contributed by atoms with van der Waals surface area (Å²) in [5.74, 6) is 0. The van der Waals surface area contributed by atoms with Crippen molar-refractivity contribution in [1.82, 2.24) is 0 Å². The maximum Gasteiger partial charge on any atom is 0.265 e. The van der Waals surface area contributed by atoms with Gasteiger partial charge in [0, 0.05) is 0 Å². The summed E-state index contributed by atoms with van der Waals surface area (Å²) < 4.78 is 15.8. The van der Waals surface area contributed by atoms with Crippen LogP contribution >= 0.6 is 7.82 Å². The Labute approximate surface area is 220 Å². The smallest absolute Gasteiger partial charge is 0.265 e. The van der Waals surface area contributed by atoms with Gasteiger partial charge in [-0.2, -0.15) is 0 Å².